The highest BCUT2D eigenvalue weighted by molar-refractivity contribution is 5.82. The molecule has 1 aromatic carbocycles. The van der Waals surface area contributed by atoms with E-state index in [2.05, 4.69) is 4.99 Å². The molecule has 0 heterocycles. The summed E-state index contributed by atoms with van der Waals surface area (Å²) in [5.41, 5.74) is 6.37. The third-order valence-electron chi connectivity index (χ3n) is 2.22. The van der Waals surface area contributed by atoms with Crippen molar-refractivity contribution in [3.63, 3.8) is 0 Å². The quantitative estimate of drug-likeness (QED) is 0.598. The minimum absolute atomic E-state index is 0.171. The van der Waals surface area contributed by atoms with Gasteiger partial charge in [-0.15, -0.1) is 0 Å². The Kier molecular flexibility index (Phi) is 4.28. The molecular formula is C12H17FN2. The van der Waals surface area contributed by atoms with Crippen molar-refractivity contribution in [3.05, 3.63) is 35.6 Å². The zero-order valence-corrected chi connectivity index (χ0v) is 9.20. The molecule has 0 aliphatic carbocycles. The molecule has 0 fully saturated rings. The predicted octanol–water partition coefficient (Wildman–Crippen LogP) is 2.38. The normalized spacial score (nSPS) is 12.1. The molecule has 0 amide bonds. The molecule has 15 heavy (non-hydrogen) atoms. The van der Waals surface area contributed by atoms with Gasteiger partial charge in [0.15, 0.2) is 0 Å². The van der Waals surface area contributed by atoms with Crippen LogP contribution in [0.5, 0.6) is 0 Å². The number of rotatable bonds is 4. The summed E-state index contributed by atoms with van der Waals surface area (Å²) in [6, 6.07) is 6.75. The van der Waals surface area contributed by atoms with E-state index in [4.69, 9.17) is 5.73 Å². The maximum Gasteiger partial charge on any atom is 0.126 e. The van der Waals surface area contributed by atoms with Crippen molar-refractivity contribution in [1.82, 2.24) is 0 Å². The maximum absolute atomic E-state index is 13.2. The molecular weight excluding hydrogens is 191 g/mol. The van der Waals surface area contributed by atoms with Gasteiger partial charge < -0.3 is 5.73 Å². The van der Waals surface area contributed by atoms with Gasteiger partial charge in [0.2, 0.25) is 0 Å². The molecule has 0 radical (unpaired) electrons. The van der Waals surface area contributed by atoms with Crippen LogP contribution in [0.15, 0.2) is 29.3 Å². The average molecular weight is 208 g/mol. The zero-order valence-electron chi connectivity index (χ0n) is 9.20. The second kappa shape index (κ2) is 5.49. The first-order chi connectivity index (χ1) is 7.11. The lowest BCUT2D eigenvalue weighted by molar-refractivity contribution is 0.609. The molecule has 2 nitrogen and oxygen atoms in total. The van der Waals surface area contributed by atoms with Crippen molar-refractivity contribution in [1.29, 1.82) is 0 Å². The monoisotopic (exact) mass is 208 g/mol. The van der Waals surface area contributed by atoms with Gasteiger partial charge in [0, 0.05) is 12.5 Å². The van der Waals surface area contributed by atoms with E-state index in [1.165, 1.54) is 6.07 Å². The fourth-order valence-corrected chi connectivity index (χ4v) is 1.19. The number of hydrogen-bond acceptors (Lipinski definition) is 1. The van der Waals surface area contributed by atoms with Crippen molar-refractivity contribution in [3.8, 4) is 0 Å². The summed E-state index contributed by atoms with van der Waals surface area (Å²) >= 11 is 0. The van der Waals surface area contributed by atoms with Crippen molar-refractivity contribution >= 4 is 5.84 Å². The second-order valence-electron chi connectivity index (χ2n) is 3.80. The number of aliphatic imine (C=N–C) groups is 1. The van der Waals surface area contributed by atoms with Gasteiger partial charge in [-0.05, 0) is 18.1 Å². The van der Waals surface area contributed by atoms with E-state index in [-0.39, 0.29) is 11.7 Å². The standard InChI is InChI=1S/C12H17FN2/c1-9(2)12(14)15-8-7-10-5-3-4-6-11(10)13/h3-6,9H,7-8H2,1-2H3,(H2,14,15). The van der Waals surface area contributed by atoms with E-state index in [1.54, 1.807) is 12.1 Å². The van der Waals surface area contributed by atoms with E-state index in [0.29, 0.717) is 24.4 Å². The maximum atomic E-state index is 13.2. The number of halogens is 1. The molecule has 0 aliphatic heterocycles. The summed E-state index contributed by atoms with van der Waals surface area (Å²) in [7, 11) is 0. The number of benzene rings is 1. The van der Waals surface area contributed by atoms with Crippen LogP contribution in [0.3, 0.4) is 0 Å². The molecule has 0 unspecified atom stereocenters. The lowest BCUT2D eigenvalue weighted by Gasteiger charge is -2.04. The van der Waals surface area contributed by atoms with E-state index < -0.39 is 0 Å². The highest BCUT2D eigenvalue weighted by Gasteiger charge is 2.01. The third-order valence-corrected chi connectivity index (χ3v) is 2.22. The van der Waals surface area contributed by atoms with Crippen molar-refractivity contribution < 1.29 is 4.39 Å². The first-order valence-electron chi connectivity index (χ1n) is 5.14. The number of nitrogens with zero attached hydrogens (tertiary/aromatic N) is 1. The van der Waals surface area contributed by atoms with Crippen LogP contribution in [0.2, 0.25) is 0 Å². The molecule has 1 aromatic rings. The van der Waals surface area contributed by atoms with Crippen LogP contribution in [0.1, 0.15) is 19.4 Å². The highest BCUT2D eigenvalue weighted by atomic mass is 19.1. The number of nitrogens with two attached hydrogens (primary N) is 1. The van der Waals surface area contributed by atoms with Gasteiger partial charge in [0.05, 0.1) is 5.84 Å². The molecule has 0 saturated heterocycles. The van der Waals surface area contributed by atoms with Crippen LogP contribution in [0, 0.1) is 11.7 Å². The fourth-order valence-electron chi connectivity index (χ4n) is 1.19. The Balaban J connectivity index is 2.52. The smallest absolute Gasteiger partial charge is 0.126 e. The van der Waals surface area contributed by atoms with Crippen molar-refractivity contribution in [2.75, 3.05) is 6.54 Å². The first-order valence-corrected chi connectivity index (χ1v) is 5.14. The van der Waals surface area contributed by atoms with Gasteiger partial charge in [-0.1, -0.05) is 32.0 Å². The SMILES string of the molecule is CC(C)C(N)=NCCc1ccccc1F. The minimum atomic E-state index is -0.171. The van der Waals surface area contributed by atoms with E-state index in [0.717, 1.165) is 0 Å². The topological polar surface area (TPSA) is 38.4 Å². The Morgan fingerprint density at radius 1 is 1.40 bits per heavy atom. The Bertz CT molecular complexity index is 345. The summed E-state index contributed by atoms with van der Waals surface area (Å²) in [6.07, 6.45) is 0.597. The van der Waals surface area contributed by atoms with Gasteiger partial charge in [0.25, 0.3) is 0 Å². The summed E-state index contributed by atoms with van der Waals surface area (Å²) in [4.78, 5) is 4.19. The molecule has 82 valence electrons. The first kappa shape index (κ1) is 11.7. The van der Waals surface area contributed by atoms with E-state index in [1.807, 2.05) is 19.9 Å². The van der Waals surface area contributed by atoms with Crippen molar-refractivity contribution in [2.24, 2.45) is 16.6 Å². The Morgan fingerprint density at radius 3 is 2.67 bits per heavy atom. The summed E-state index contributed by atoms with van der Waals surface area (Å²) in [5.74, 6) is 0.716. The number of hydrogen-bond donors (Lipinski definition) is 1. The van der Waals surface area contributed by atoms with Crippen LogP contribution in [0.25, 0.3) is 0 Å². The molecule has 0 spiro atoms. The van der Waals surface area contributed by atoms with Gasteiger partial charge in [0.1, 0.15) is 5.82 Å². The fraction of sp³-hybridized carbons (Fsp3) is 0.417. The largest absolute Gasteiger partial charge is 0.387 e. The summed E-state index contributed by atoms with van der Waals surface area (Å²) < 4.78 is 13.2. The zero-order chi connectivity index (χ0) is 11.3. The van der Waals surface area contributed by atoms with Crippen LogP contribution < -0.4 is 5.73 Å². The molecule has 0 saturated carbocycles. The summed E-state index contributed by atoms with van der Waals surface area (Å²) in [6.45, 7) is 4.52. The molecule has 2 N–H and O–H groups in total. The molecule has 0 atom stereocenters. The molecule has 0 bridgehead atoms. The van der Waals surface area contributed by atoms with Crippen LogP contribution in [-0.4, -0.2) is 12.4 Å². The van der Waals surface area contributed by atoms with Gasteiger partial charge in [-0.3, -0.25) is 4.99 Å². The average Bonchev–Trinajstić information content (AvgIpc) is 2.20. The third kappa shape index (κ3) is 3.70. The molecule has 0 aliphatic rings. The van der Waals surface area contributed by atoms with Crippen molar-refractivity contribution in [2.45, 2.75) is 20.3 Å². The van der Waals surface area contributed by atoms with Crippen LogP contribution in [-0.2, 0) is 6.42 Å². The number of amidine groups is 1. The van der Waals surface area contributed by atoms with E-state index >= 15 is 0 Å². The lowest BCUT2D eigenvalue weighted by atomic mass is 10.1. The lowest BCUT2D eigenvalue weighted by Crippen LogP contribution is -2.19. The summed E-state index contributed by atoms with van der Waals surface area (Å²) in [5, 5.41) is 0. The minimum Gasteiger partial charge on any atom is -0.387 e. The highest BCUT2D eigenvalue weighted by Crippen LogP contribution is 2.07. The molecule has 1 rings (SSSR count). The Hall–Kier alpha value is -1.38. The van der Waals surface area contributed by atoms with Gasteiger partial charge in [-0.25, -0.2) is 4.39 Å². The molecule has 3 heteroatoms. The van der Waals surface area contributed by atoms with Gasteiger partial charge in [-0.2, -0.15) is 0 Å². The van der Waals surface area contributed by atoms with Crippen LogP contribution in [0.4, 0.5) is 4.39 Å². The molecule has 0 aromatic heterocycles. The van der Waals surface area contributed by atoms with E-state index in [9.17, 15) is 4.39 Å². The Labute approximate surface area is 90.0 Å². The van der Waals surface area contributed by atoms with Gasteiger partial charge >= 0.3 is 0 Å². The predicted molar refractivity (Wildman–Crippen MR) is 61.4 cm³/mol. The second-order valence-corrected chi connectivity index (χ2v) is 3.80. The van der Waals surface area contributed by atoms with Crippen LogP contribution >= 0.6 is 0 Å². The Morgan fingerprint density at radius 2 is 2.07 bits per heavy atom.